The Balaban J connectivity index is 2.13. The predicted molar refractivity (Wildman–Crippen MR) is 85.0 cm³/mol. The Kier molecular flexibility index (Phi) is 3.67. The minimum Gasteiger partial charge on any atom is -0.439 e. The van der Waals surface area contributed by atoms with Crippen molar-refractivity contribution in [1.29, 1.82) is 0 Å². The van der Waals surface area contributed by atoms with Crippen LogP contribution >= 0.6 is 11.6 Å². The molecule has 0 aromatic carbocycles. The van der Waals surface area contributed by atoms with E-state index in [1.165, 1.54) is 0 Å². The Hall–Kier alpha value is -1.53. The van der Waals surface area contributed by atoms with E-state index in [4.69, 9.17) is 21.8 Å². The molecule has 1 atom stereocenters. The van der Waals surface area contributed by atoms with E-state index in [1.807, 2.05) is 7.05 Å². The lowest BCUT2D eigenvalue weighted by atomic mass is 10.1. The molecule has 1 aliphatic heterocycles. The van der Waals surface area contributed by atoms with Crippen molar-refractivity contribution in [2.24, 2.45) is 0 Å². The quantitative estimate of drug-likeness (QED) is 0.906. The molecule has 0 amide bonds. The first-order valence-electron chi connectivity index (χ1n) is 7.18. The van der Waals surface area contributed by atoms with Crippen molar-refractivity contribution >= 4 is 34.5 Å². The average molecular weight is 310 g/mol. The largest absolute Gasteiger partial charge is 0.439 e. The third-order valence-electron chi connectivity index (χ3n) is 4.00. The Bertz CT molecular complexity index is 669. The number of likely N-dealkylation sites (N-methyl/N-ethyl adjacent to an activating group) is 1. The van der Waals surface area contributed by atoms with E-state index in [9.17, 15) is 0 Å². The number of rotatable bonds is 3. The van der Waals surface area contributed by atoms with Gasteiger partial charge in [0.15, 0.2) is 16.6 Å². The van der Waals surface area contributed by atoms with Crippen molar-refractivity contribution < 1.29 is 4.42 Å². The first kappa shape index (κ1) is 14.4. The highest BCUT2D eigenvalue weighted by atomic mass is 35.5. The van der Waals surface area contributed by atoms with E-state index in [2.05, 4.69) is 34.0 Å². The van der Waals surface area contributed by atoms with Crippen molar-refractivity contribution in [2.75, 3.05) is 30.8 Å². The van der Waals surface area contributed by atoms with E-state index in [0.29, 0.717) is 16.8 Å². The number of hydrogen-bond donors (Lipinski definition) is 2. The van der Waals surface area contributed by atoms with Crippen LogP contribution in [0.25, 0.3) is 11.1 Å². The van der Waals surface area contributed by atoms with Gasteiger partial charge < -0.3 is 20.4 Å². The molecule has 0 unspecified atom stereocenters. The van der Waals surface area contributed by atoms with Crippen LogP contribution in [-0.2, 0) is 0 Å². The molecule has 0 saturated carbocycles. The fraction of sp³-hybridized carbons (Fsp3) is 0.571. The molecular formula is C14H20ClN5O. The van der Waals surface area contributed by atoms with Gasteiger partial charge in [-0.1, -0.05) is 13.8 Å². The molecule has 7 heteroatoms. The number of anilines is 2. The van der Waals surface area contributed by atoms with E-state index in [1.54, 1.807) is 0 Å². The number of nitrogen functional groups attached to an aromatic ring is 1. The van der Waals surface area contributed by atoms with Gasteiger partial charge in [-0.2, -0.15) is 4.98 Å². The third-order valence-corrected chi connectivity index (χ3v) is 4.28. The van der Waals surface area contributed by atoms with Gasteiger partial charge in [0.1, 0.15) is 5.52 Å². The lowest BCUT2D eigenvalue weighted by Gasteiger charge is -2.17. The van der Waals surface area contributed by atoms with Crippen molar-refractivity contribution in [3.05, 3.63) is 10.8 Å². The monoisotopic (exact) mass is 309 g/mol. The highest BCUT2D eigenvalue weighted by Gasteiger charge is 2.28. The number of furan rings is 1. The number of nitrogens with one attached hydrogen (secondary N) is 1. The standard InChI is InChI=1S/C14H20ClN5O/c1-7(2)9-10-11(21-12(9)15)13(19-14(16)18-10)20-5-4-8(6-20)17-3/h7-8,17H,4-6H2,1-3H3,(H2,16,18,19)/t8-/m1/s1. The molecule has 1 fully saturated rings. The summed E-state index contributed by atoms with van der Waals surface area (Å²) in [6.45, 7) is 5.89. The Labute approximate surface area is 128 Å². The van der Waals surface area contributed by atoms with Crippen molar-refractivity contribution in [1.82, 2.24) is 15.3 Å². The molecule has 1 saturated heterocycles. The van der Waals surface area contributed by atoms with Crippen LogP contribution in [0.3, 0.4) is 0 Å². The van der Waals surface area contributed by atoms with Crippen LogP contribution in [0, 0.1) is 0 Å². The van der Waals surface area contributed by atoms with Gasteiger partial charge in [-0.3, -0.25) is 0 Å². The minimum absolute atomic E-state index is 0.213. The minimum atomic E-state index is 0.213. The second-order valence-electron chi connectivity index (χ2n) is 5.75. The van der Waals surface area contributed by atoms with Gasteiger partial charge in [0.05, 0.1) is 0 Å². The van der Waals surface area contributed by atoms with Crippen LogP contribution in [0.2, 0.25) is 5.22 Å². The fourth-order valence-corrected chi connectivity index (χ4v) is 3.26. The van der Waals surface area contributed by atoms with Crippen LogP contribution in [0.4, 0.5) is 11.8 Å². The average Bonchev–Trinajstić information content (AvgIpc) is 3.01. The maximum atomic E-state index is 6.24. The lowest BCUT2D eigenvalue weighted by Crippen LogP contribution is -2.30. The SMILES string of the molecule is CN[C@@H]1CCN(c2nc(N)nc3c(C(C)C)c(Cl)oc23)C1. The molecule has 3 N–H and O–H groups in total. The van der Waals surface area contributed by atoms with Gasteiger partial charge in [0, 0.05) is 24.7 Å². The second-order valence-corrected chi connectivity index (χ2v) is 6.09. The molecule has 3 heterocycles. The van der Waals surface area contributed by atoms with Gasteiger partial charge in [-0.25, -0.2) is 4.98 Å². The zero-order valence-electron chi connectivity index (χ0n) is 12.5. The molecule has 0 aliphatic carbocycles. The number of fused-ring (bicyclic) bond motifs is 1. The summed E-state index contributed by atoms with van der Waals surface area (Å²) in [7, 11) is 1.97. The lowest BCUT2D eigenvalue weighted by molar-refractivity contribution is 0.603. The number of halogens is 1. The molecule has 21 heavy (non-hydrogen) atoms. The summed E-state index contributed by atoms with van der Waals surface area (Å²) in [6, 6.07) is 0.450. The van der Waals surface area contributed by atoms with Crippen molar-refractivity contribution in [2.45, 2.75) is 32.2 Å². The highest BCUT2D eigenvalue weighted by molar-refractivity contribution is 6.31. The molecule has 1 aliphatic rings. The first-order valence-corrected chi connectivity index (χ1v) is 7.56. The summed E-state index contributed by atoms with van der Waals surface area (Å²) in [5.41, 5.74) is 8.14. The molecule has 114 valence electrons. The van der Waals surface area contributed by atoms with E-state index in [-0.39, 0.29) is 11.9 Å². The predicted octanol–water partition coefficient (Wildman–Crippen LogP) is 2.38. The number of nitrogens with zero attached hydrogens (tertiary/aromatic N) is 3. The van der Waals surface area contributed by atoms with Crippen LogP contribution in [0.5, 0.6) is 0 Å². The molecule has 2 aromatic heterocycles. The normalized spacial score (nSPS) is 19.1. The molecule has 6 nitrogen and oxygen atoms in total. The highest BCUT2D eigenvalue weighted by Crippen LogP contribution is 2.38. The Morgan fingerprint density at radius 1 is 1.43 bits per heavy atom. The van der Waals surface area contributed by atoms with E-state index < -0.39 is 0 Å². The summed E-state index contributed by atoms with van der Waals surface area (Å²) < 4.78 is 5.75. The summed E-state index contributed by atoms with van der Waals surface area (Å²) >= 11 is 6.24. The summed E-state index contributed by atoms with van der Waals surface area (Å²) in [5.74, 6) is 1.21. The molecule has 3 rings (SSSR count). The zero-order chi connectivity index (χ0) is 15.1. The van der Waals surface area contributed by atoms with Crippen LogP contribution in [0.15, 0.2) is 4.42 Å². The first-order chi connectivity index (χ1) is 10.0. The number of hydrogen-bond acceptors (Lipinski definition) is 6. The zero-order valence-corrected chi connectivity index (χ0v) is 13.2. The Morgan fingerprint density at radius 3 is 2.81 bits per heavy atom. The van der Waals surface area contributed by atoms with Gasteiger partial charge in [-0.05, 0) is 31.0 Å². The van der Waals surface area contributed by atoms with Gasteiger partial charge in [0.25, 0.3) is 0 Å². The van der Waals surface area contributed by atoms with Gasteiger partial charge in [0.2, 0.25) is 5.95 Å². The van der Waals surface area contributed by atoms with E-state index in [0.717, 1.165) is 36.4 Å². The molecular weight excluding hydrogens is 290 g/mol. The molecule has 0 spiro atoms. The maximum Gasteiger partial charge on any atom is 0.222 e. The molecule has 0 radical (unpaired) electrons. The number of aromatic nitrogens is 2. The summed E-state index contributed by atoms with van der Waals surface area (Å²) in [5, 5.41) is 3.67. The second kappa shape index (κ2) is 5.35. The van der Waals surface area contributed by atoms with Crippen LogP contribution in [-0.4, -0.2) is 36.1 Å². The summed E-state index contributed by atoms with van der Waals surface area (Å²) in [6.07, 6.45) is 1.06. The molecule has 2 aromatic rings. The summed E-state index contributed by atoms with van der Waals surface area (Å²) in [4.78, 5) is 10.9. The van der Waals surface area contributed by atoms with Crippen LogP contribution in [0.1, 0.15) is 31.7 Å². The Morgan fingerprint density at radius 2 is 2.19 bits per heavy atom. The maximum absolute atomic E-state index is 6.24. The van der Waals surface area contributed by atoms with Crippen molar-refractivity contribution in [3.8, 4) is 0 Å². The van der Waals surface area contributed by atoms with Crippen LogP contribution < -0.4 is 16.0 Å². The third kappa shape index (κ3) is 2.42. The smallest absolute Gasteiger partial charge is 0.222 e. The fourth-order valence-electron chi connectivity index (χ4n) is 2.87. The van der Waals surface area contributed by atoms with Gasteiger partial charge in [-0.15, -0.1) is 0 Å². The van der Waals surface area contributed by atoms with E-state index >= 15 is 0 Å². The topological polar surface area (TPSA) is 80.2 Å². The van der Waals surface area contributed by atoms with Crippen molar-refractivity contribution in [3.63, 3.8) is 0 Å². The van der Waals surface area contributed by atoms with Gasteiger partial charge >= 0.3 is 0 Å². The number of nitrogens with two attached hydrogens (primary N) is 1. The molecule has 0 bridgehead atoms.